The fourth-order valence-corrected chi connectivity index (χ4v) is 4.67. The van der Waals surface area contributed by atoms with E-state index in [1.807, 2.05) is 0 Å². The zero-order chi connectivity index (χ0) is 24.9. The zero-order valence-electron chi connectivity index (χ0n) is 22.2. The summed E-state index contributed by atoms with van der Waals surface area (Å²) in [7, 11) is 2.14. The minimum atomic E-state index is 0.0909. The number of hydrogen-bond acceptors (Lipinski definition) is 5. The van der Waals surface area contributed by atoms with Crippen LogP contribution in [0.15, 0.2) is 60.7 Å². The highest BCUT2D eigenvalue weighted by Gasteiger charge is 2.28. The minimum Gasteiger partial charge on any atom is -0.330 e. The third-order valence-electron chi connectivity index (χ3n) is 6.80. The van der Waals surface area contributed by atoms with Gasteiger partial charge in [0.05, 0.1) is 0 Å². The van der Waals surface area contributed by atoms with Crippen LogP contribution in [0.2, 0.25) is 0 Å². The summed E-state index contributed by atoms with van der Waals surface area (Å²) in [5.41, 5.74) is 8.42. The first-order valence-corrected chi connectivity index (χ1v) is 13.9. The number of unbranched alkanes of at least 4 members (excludes halogenated alkanes) is 3. The van der Waals surface area contributed by atoms with Crippen LogP contribution in [0.3, 0.4) is 0 Å². The Labute approximate surface area is 215 Å². The van der Waals surface area contributed by atoms with Crippen LogP contribution in [0.25, 0.3) is 0 Å². The van der Waals surface area contributed by atoms with E-state index < -0.39 is 0 Å². The van der Waals surface area contributed by atoms with Crippen LogP contribution in [0.5, 0.6) is 0 Å². The van der Waals surface area contributed by atoms with E-state index in [1.54, 1.807) is 0 Å². The number of benzene rings is 2. The van der Waals surface area contributed by atoms with Crippen LogP contribution in [-0.4, -0.2) is 58.4 Å². The van der Waals surface area contributed by atoms with Crippen molar-refractivity contribution in [2.24, 2.45) is 5.73 Å². The molecule has 0 saturated carbocycles. The second kappa shape index (κ2) is 19.4. The standard InChI is InChI=1S/C30H51N5/c1-32-30(26-28-14-4-2-5-15-28,27-29-16-6-3-7-17-29)18-8-10-20-33-22-12-13-23-35-25-24-34-21-11-9-19-31/h2-7,14-17,32-35H,8-13,18-27,31H2,1H3. The lowest BCUT2D eigenvalue weighted by atomic mass is 9.80. The van der Waals surface area contributed by atoms with Gasteiger partial charge in [-0.15, -0.1) is 0 Å². The fourth-order valence-electron chi connectivity index (χ4n) is 4.67. The van der Waals surface area contributed by atoms with Gasteiger partial charge < -0.3 is 27.0 Å². The molecule has 0 atom stereocenters. The van der Waals surface area contributed by atoms with Gasteiger partial charge in [-0.05, 0) is 102 Å². The van der Waals surface area contributed by atoms with Gasteiger partial charge >= 0.3 is 0 Å². The van der Waals surface area contributed by atoms with Crippen molar-refractivity contribution >= 4 is 0 Å². The average molecular weight is 482 g/mol. The Hall–Kier alpha value is -1.76. The summed E-state index contributed by atoms with van der Waals surface area (Å²) in [6.07, 6.45) is 10.5. The molecule has 2 aromatic carbocycles. The van der Waals surface area contributed by atoms with Crippen molar-refractivity contribution in [1.82, 2.24) is 21.3 Å². The first kappa shape index (κ1) is 29.5. The van der Waals surface area contributed by atoms with Gasteiger partial charge in [0.25, 0.3) is 0 Å². The van der Waals surface area contributed by atoms with Crippen LogP contribution in [0.1, 0.15) is 56.1 Å². The normalized spacial score (nSPS) is 11.7. The molecule has 2 rings (SSSR count). The van der Waals surface area contributed by atoms with Crippen LogP contribution in [0, 0.1) is 0 Å². The van der Waals surface area contributed by atoms with Crippen molar-refractivity contribution < 1.29 is 0 Å². The van der Waals surface area contributed by atoms with E-state index in [9.17, 15) is 0 Å². The van der Waals surface area contributed by atoms with Gasteiger partial charge in [-0.3, -0.25) is 0 Å². The van der Waals surface area contributed by atoms with Gasteiger partial charge in [0.1, 0.15) is 0 Å². The van der Waals surface area contributed by atoms with E-state index in [0.717, 1.165) is 65.1 Å². The molecule has 6 N–H and O–H groups in total. The Morgan fingerprint density at radius 3 is 1.46 bits per heavy atom. The topological polar surface area (TPSA) is 74.1 Å². The number of nitrogens with two attached hydrogens (primary N) is 1. The molecule has 0 radical (unpaired) electrons. The van der Waals surface area contributed by atoms with E-state index in [-0.39, 0.29) is 5.54 Å². The Kier molecular flexibility index (Phi) is 16.4. The van der Waals surface area contributed by atoms with Crippen LogP contribution in [-0.2, 0) is 12.8 Å². The van der Waals surface area contributed by atoms with E-state index >= 15 is 0 Å². The molecule has 0 spiro atoms. The van der Waals surface area contributed by atoms with E-state index in [0.29, 0.717) is 0 Å². The molecule has 196 valence electrons. The number of nitrogens with one attached hydrogen (secondary N) is 4. The summed E-state index contributed by atoms with van der Waals surface area (Å²) in [6, 6.07) is 21.8. The molecule has 0 aromatic heterocycles. The lowest BCUT2D eigenvalue weighted by Gasteiger charge is -2.34. The molecule has 5 heteroatoms. The molecule has 0 aliphatic rings. The smallest absolute Gasteiger partial charge is 0.0259 e. The summed E-state index contributed by atoms with van der Waals surface area (Å²) in [6.45, 7) is 7.31. The van der Waals surface area contributed by atoms with Crippen molar-refractivity contribution in [2.45, 2.75) is 63.3 Å². The second-order valence-corrected chi connectivity index (χ2v) is 9.77. The van der Waals surface area contributed by atoms with Gasteiger partial charge in [-0.25, -0.2) is 0 Å². The Bertz CT molecular complexity index is 681. The van der Waals surface area contributed by atoms with Crippen LogP contribution in [0.4, 0.5) is 0 Å². The Morgan fingerprint density at radius 1 is 0.571 bits per heavy atom. The molecular formula is C30H51N5. The number of rotatable bonds is 22. The van der Waals surface area contributed by atoms with E-state index in [1.165, 1.54) is 49.7 Å². The summed E-state index contributed by atoms with van der Waals surface area (Å²) in [5, 5.41) is 14.4. The highest BCUT2D eigenvalue weighted by Crippen LogP contribution is 2.25. The lowest BCUT2D eigenvalue weighted by molar-refractivity contribution is 0.306. The predicted molar refractivity (Wildman–Crippen MR) is 152 cm³/mol. The number of likely N-dealkylation sites (N-methyl/N-ethyl adjacent to an activating group) is 1. The predicted octanol–water partition coefficient (Wildman–Crippen LogP) is 3.89. The summed E-state index contributed by atoms with van der Waals surface area (Å²) >= 11 is 0. The largest absolute Gasteiger partial charge is 0.330 e. The highest BCUT2D eigenvalue weighted by molar-refractivity contribution is 5.22. The molecule has 0 aliphatic heterocycles. The molecule has 0 unspecified atom stereocenters. The van der Waals surface area contributed by atoms with Crippen LogP contribution < -0.4 is 27.0 Å². The maximum Gasteiger partial charge on any atom is 0.0259 e. The average Bonchev–Trinajstić information content (AvgIpc) is 2.89. The quantitative estimate of drug-likeness (QED) is 0.165. The van der Waals surface area contributed by atoms with Crippen LogP contribution >= 0.6 is 0 Å². The third kappa shape index (κ3) is 13.8. The summed E-state index contributed by atoms with van der Waals surface area (Å²) in [5.74, 6) is 0. The molecule has 0 bridgehead atoms. The molecule has 0 amide bonds. The fraction of sp³-hybridized carbons (Fsp3) is 0.600. The molecule has 0 aliphatic carbocycles. The molecular weight excluding hydrogens is 430 g/mol. The van der Waals surface area contributed by atoms with Gasteiger partial charge in [0.2, 0.25) is 0 Å². The molecule has 0 fully saturated rings. The maximum atomic E-state index is 5.51. The van der Waals surface area contributed by atoms with Crippen molar-refractivity contribution in [2.75, 3.05) is 52.9 Å². The van der Waals surface area contributed by atoms with Gasteiger partial charge in [0, 0.05) is 18.6 Å². The Morgan fingerprint density at radius 2 is 1.00 bits per heavy atom. The first-order valence-electron chi connectivity index (χ1n) is 13.9. The van der Waals surface area contributed by atoms with E-state index in [4.69, 9.17) is 5.73 Å². The van der Waals surface area contributed by atoms with Crippen molar-refractivity contribution in [1.29, 1.82) is 0 Å². The molecule has 5 nitrogen and oxygen atoms in total. The second-order valence-electron chi connectivity index (χ2n) is 9.77. The first-order chi connectivity index (χ1) is 17.3. The van der Waals surface area contributed by atoms with Crippen molar-refractivity contribution in [3.63, 3.8) is 0 Å². The van der Waals surface area contributed by atoms with Crippen molar-refractivity contribution in [3.05, 3.63) is 71.8 Å². The SMILES string of the molecule is CNC(CCCCNCCCCNCCNCCCCN)(Cc1ccccc1)Cc1ccccc1. The Balaban J connectivity index is 1.58. The summed E-state index contributed by atoms with van der Waals surface area (Å²) in [4.78, 5) is 0. The monoisotopic (exact) mass is 481 g/mol. The lowest BCUT2D eigenvalue weighted by Crippen LogP contribution is -2.47. The van der Waals surface area contributed by atoms with Gasteiger partial charge in [-0.2, -0.15) is 0 Å². The van der Waals surface area contributed by atoms with Gasteiger partial charge in [0.15, 0.2) is 0 Å². The minimum absolute atomic E-state index is 0.0909. The number of hydrogen-bond donors (Lipinski definition) is 5. The molecule has 2 aromatic rings. The zero-order valence-corrected chi connectivity index (χ0v) is 22.2. The third-order valence-corrected chi connectivity index (χ3v) is 6.80. The molecule has 0 saturated heterocycles. The maximum absolute atomic E-state index is 5.51. The van der Waals surface area contributed by atoms with Crippen molar-refractivity contribution in [3.8, 4) is 0 Å². The molecule has 0 heterocycles. The van der Waals surface area contributed by atoms with Gasteiger partial charge in [-0.1, -0.05) is 67.1 Å². The van der Waals surface area contributed by atoms with E-state index in [2.05, 4.69) is 89.0 Å². The summed E-state index contributed by atoms with van der Waals surface area (Å²) < 4.78 is 0. The molecule has 35 heavy (non-hydrogen) atoms. The highest BCUT2D eigenvalue weighted by atomic mass is 14.9.